The molecular weight excluding hydrogens is 218 g/mol. The van der Waals surface area contributed by atoms with Crippen LogP contribution in [0.4, 0.5) is 4.79 Å². The predicted octanol–water partition coefficient (Wildman–Crippen LogP) is 1.10. The SMILES string of the molecule is C/C(=C\CN1C(=O)CCSC1=O)C(=O)O. The quantitative estimate of drug-likeness (QED) is 0.733. The van der Waals surface area contributed by atoms with Crippen LogP contribution in [-0.4, -0.2) is 39.4 Å². The minimum absolute atomic E-state index is 0.0444. The van der Waals surface area contributed by atoms with E-state index in [0.717, 1.165) is 16.7 Å². The van der Waals surface area contributed by atoms with Crippen molar-refractivity contribution in [2.45, 2.75) is 13.3 Å². The molecule has 15 heavy (non-hydrogen) atoms. The third kappa shape index (κ3) is 3.09. The number of aliphatic carboxylic acids is 1. The van der Waals surface area contributed by atoms with E-state index in [1.807, 2.05) is 0 Å². The van der Waals surface area contributed by atoms with Crippen molar-refractivity contribution in [2.24, 2.45) is 0 Å². The van der Waals surface area contributed by atoms with Crippen LogP contribution in [0.3, 0.4) is 0 Å². The lowest BCUT2D eigenvalue weighted by Gasteiger charge is -2.22. The summed E-state index contributed by atoms with van der Waals surface area (Å²) in [4.78, 5) is 34.1. The van der Waals surface area contributed by atoms with Crippen LogP contribution in [-0.2, 0) is 9.59 Å². The Bertz CT molecular complexity index is 321. The molecule has 6 heteroatoms. The summed E-state index contributed by atoms with van der Waals surface area (Å²) < 4.78 is 0. The molecule has 1 saturated heterocycles. The number of carbonyl (C=O) groups excluding carboxylic acids is 2. The highest BCUT2D eigenvalue weighted by molar-refractivity contribution is 8.13. The van der Waals surface area contributed by atoms with E-state index in [-0.39, 0.29) is 23.3 Å². The summed E-state index contributed by atoms with van der Waals surface area (Å²) >= 11 is 1.08. The Kier molecular flexibility index (Phi) is 3.90. The molecule has 0 radical (unpaired) electrons. The first-order chi connectivity index (χ1) is 7.02. The van der Waals surface area contributed by atoms with Crippen LogP contribution in [0.5, 0.6) is 0 Å². The van der Waals surface area contributed by atoms with Crippen molar-refractivity contribution in [1.82, 2.24) is 4.90 Å². The molecule has 1 fully saturated rings. The first kappa shape index (κ1) is 11.8. The number of carboxylic acid groups (broad SMARTS) is 1. The van der Waals surface area contributed by atoms with E-state index < -0.39 is 5.97 Å². The normalized spacial score (nSPS) is 18.2. The van der Waals surface area contributed by atoms with Crippen molar-refractivity contribution in [2.75, 3.05) is 12.3 Å². The Hall–Kier alpha value is -1.30. The van der Waals surface area contributed by atoms with Gasteiger partial charge in [0.05, 0.1) is 0 Å². The number of carboxylic acids is 1. The van der Waals surface area contributed by atoms with Crippen LogP contribution >= 0.6 is 11.8 Å². The maximum atomic E-state index is 11.3. The second-order valence-electron chi connectivity index (χ2n) is 3.06. The zero-order valence-corrected chi connectivity index (χ0v) is 9.04. The van der Waals surface area contributed by atoms with E-state index in [1.165, 1.54) is 13.0 Å². The molecule has 0 aromatic heterocycles. The van der Waals surface area contributed by atoms with Crippen molar-refractivity contribution in [3.63, 3.8) is 0 Å². The molecule has 0 bridgehead atoms. The number of amides is 2. The summed E-state index contributed by atoms with van der Waals surface area (Å²) in [6.45, 7) is 1.47. The molecule has 82 valence electrons. The van der Waals surface area contributed by atoms with Gasteiger partial charge in [-0.05, 0) is 6.92 Å². The van der Waals surface area contributed by atoms with E-state index >= 15 is 0 Å². The Balaban J connectivity index is 2.64. The zero-order valence-electron chi connectivity index (χ0n) is 8.23. The fraction of sp³-hybridized carbons (Fsp3) is 0.444. The standard InChI is InChI=1S/C9H11NO4S/c1-6(8(12)13)2-4-10-7(11)3-5-15-9(10)14/h2H,3-5H2,1H3,(H,12,13)/b6-2+. The molecule has 1 aliphatic heterocycles. The molecule has 2 amide bonds. The topological polar surface area (TPSA) is 74.7 Å². The van der Waals surface area contributed by atoms with Gasteiger partial charge in [-0.25, -0.2) is 4.79 Å². The van der Waals surface area contributed by atoms with Gasteiger partial charge < -0.3 is 5.11 Å². The Morgan fingerprint density at radius 1 is 1.60 bits per heavy atom. The third-order valence-corrected chi connectivity index (χ3v) is 2.86. The molecule has 0 spiro atoms. The Morgan fingerprint density at radius 2 is 2.27 bits per heavy atom. The molecule has 1 rings (SSSR count). The molecule has 0 aliphatic carbocycles. The average Bonchev–Trinajstić information content (AvgIpc) is 2.16. The molecule has 0 aromatic carbocycles. The molecule has 0 aromatic rings. The lowest BCUT2D eigenvalue weighted by Crippen LogP contribution is -2.38. The minimum Gasteiger partial charge on any atom is -0.478 e. The van der Waals surface area contributed by atoms with Gasteiger partial charge in [0.2, 0.25) is 5.91 Å². The van der Waals surface area contributed by atoms with Gasteiger partial charge in [0.1, 0.15) is 0 Å². The van der Waals surface area contributed by atoms with Gasteiger partial charge in [0, 0.05) is 24.3 Å². The van der Waals surface area contributed by atoms with Gasteiger partial charge >= 0.3 is 5.97 Å². The lowest BCUT2D eigenvalue weighted by atomic mass is 10.3. The monoisotopic (exact) mass is 229 g/mol. The van der Waals surface area contributed by atoms with E-state index in [0.29, 0.717) is 12.2 Å². The predicted molar refractivity (Wildman–Crippen MR) is 55.6 cm³/mol. The summed E-state index contributed by atoms with van der Waals surface area (Å²) in [5, 5.41) is 8.28. The highest BCUT2D eigenvalue weighted by Gasteiger charge is 2.25. The highest BCUT2D eigenvalue weighted by Crippen LogP contribution is 2.18. The second kappa shape index (κ2) is 4.97. The largest absolute Gasteiger partial charge is 0.478 e. The van der Waals surface area contributed by atoms with Crippen LogP contribution in [0.25, 0.3) is 0 Å². The second-order valence-corrected chi connectivity index (χ2v) is 4.11. The van der Waals surface area contributed by atoms with Gasteiger partial charge in [0.25, 0.3) is 5.24 Å². The summed E-state index contributed by atoms with van der Waals surface area (Å²) in [7, 11) is 0. The first-order valence-corrected chi connectivity index (χ1v) is 5.38. The molecule has 0 saturated carbocycles. The average molecular weight is 229 g/mol. The van der Waals surface area contributed by atoms with E-state index in [2.05, 4.69) is 0 Å². The van der Waals surface area contributed by atoms with Crippen LogP contribution in [0, 0.1) is 0 Å². The maximum Gasteiger partial charge on any atom is 0.331 e. The fourth-order valence-electron chi connectivity index (χ4n) is 1.03. The number of nitrogens with zero attached hydrogens (tertiary/aromatic N) is 1. The van der Waals surface area contributed by atoms with Crippen molar-refractivity contribution < 1.29 is 19.5 Å². The smallest absolute Gasteiger partial charge is 0.331 e. The molecule has 1 aliphatic rings. The van der Waals surface area contributed by atoms with Gasteiger partial charge in [-0.15, -0.1) is 0 Å². The fourth-order valence-corrected chi connectivity index (χ4v) is 1.82. The lowest BCUT2D eigenvalue weighted by molar-refractivity contribution is -0.133. The molecule has 5 nitrogen and oxygen atoms in total. The number of hydrogen-bond donors (Lipinski definition) is 1. The van der Waals surface area contributed by atoms with Crippen LogP contribution in [0.15, 0.2) is 11.6 Å². The van der Waals surface area contributed by atoms with Gasteiger partial charge in [-0.3, -0.25) is 14.5 Å². The summed E-state index contributed by atoms with van der Waals surface area (Å²) in [6.07, 6.45) is 1.69. The first-order valence-electron chi connectivity index (χ1n) is 4.39. The van der Waals surface area contributed by atoms with Gasteiger partial charge in [-0.1, -0.05) is 17.8 Å². The molecule has 1 N–H and O–H groups in total. The van der Waals surface area contributed by atoms with Crippen LogP contribution < -0.4 is 0 Å². The Labute approximate surface area is 91.1 Å². The van der Waals surface area contributed by atoms with Crippen molar-refractivity contribution in [3.05, 3.63) is 11.6 Å². The highest BCUT2D eigenvalue weighted by atomic mass is 32.2. The number of thioether (sulfide) groups is 1. The van der Waals surface area contributed by atoms with Gasteiger partial charge in [0.15, 0.2) is 0 Å². The van der Waals surface area contributed by atoms with Crippen LogP contribution in [0.1, 0.15) is 13.3 Å². The van der Waals surface area contributed by atoms with E-state index in [4.69, 9.17) is 5.11 Å². The van der Waals surface area contributed by atoms with Crippen molar-refractivity contribution in [3.8, 4) is 0 Å². The summed E-state index contributed by atoms with van der Waals surface area (Å²) in [5.41, 5.74) is 0.131. The summed E-state index contributed by atoms with van der Waals surface area (Å²) in [5.74, 6) is -0.775. The molecule has 1 heterocycles. The number of imide groups is 1. The summed E-state index contributed by atoms with van der Waals surface area (Å²) in [6, 6.07) is 0. The number of hydrogen-bond acceptors (Lipinski definition) is 4. The number of carbonyl (C=O) groups is 3. The van der Waals surface area contributed by atoms with Crippen LogP contribution in [0.2, 0.25) is 0 Å². The molecule has 0 atom stereocenters. The maximum absolute atomic E-state index is 11.3. The Morgan fingerprint density at radius 3 is 2.80 bits per heavy atom. The van der Waals surface area contributed by atoms with Crippen molar-refractivity contribution >= 4 is 28.9 Å². The minimum atomic E-state index is -1.04. The van der Waals surface area contributed by atoms with E-state index in [9.17, 15) is 14.4 Å². The van der Waals surface area contributed by atoms with Crippen molar-refractivity contribution in [1.29, 1.82) is 0 Å². The van der Waals surface area contributed by atoms with Gasteiger partial charge in [-0.2, -0.15) is 0 Å². The molecule has 0 unspecified atom stereocenters. The van der Waals surface area contributed by atoms with E-state index in [1.54, 1.807) is 0 Å². The molecular formula is C9H11NO4S. The zero-order chi connectivity index (χ0) is 11.4. The number of rotatable bonds is 3. The third-order valence-electron chi connectivity index (χ3n) is 1.98.